The van der Waals surface area contributed by atoms with Gasteiger partial charge >= 0.3 is 5.97 Å². The summed E-state index contributed by atoms with van der Waals surface area (Å²) < 4.78 is 4.59. The second-order valence-corrected chi connectivity index (χ2v) is 4.76. The van der Waals surface area contributed by atoms with Gasteiger partial charge in [-0.2, -0.15) is 0 Å². The van der Waals surface area contributed by atoms with Crippen molar-refractivity contribution in [2.24, 2.45) is 5.92 Å². The Bertz CT molecular complexity index is 357. The normalized spacial score (nSPS) is 11.2. The van der Waals surface area contributed by atoms with Crippen LogP contribution in [0.5, 0.6) is 0 Å². The van der Waals surface area contributed by atoms with Gasteiger partial charge in [0.1, 0.15) is 11.3 Å². The molecule has 0 aromatic carbocycles. The molecule has 116 valence electrons. The minimum atomic E-state index is -0.759. The molecule has 0 saturated heterocycles. The van der Waals surface area contributed by atoms with Gasteiger partial charge < -0.3 is 4.74 Å². The summed E-state index contributed by atoms with van der Waals surface area (Å²) in [6.45, 7) is 11.0. The summed E-state index contributed by atoms with van der Waals surface area (Å²) in [5.41, 5.74) is -0.909. The molecule has 6 heteroatoms. The van der Waals surface area contributed by atoms with Gasteiger partial charge in [-0.25, -0.2) is 4.79 Å². The SMILES string of the molecule is CCCC(C)C.CCOC(=O)/C(C)=C(/C(C)=N)[N+](=O)[O-]. The molecule has 1 N–H and O–H groups in total. The standard InChI is InChI=1S/C8H12N2O4.C6H14/c1-4-14-8(11)5(2)7(6(3)9)10(12)13;1-4-5-6(2)3/h9H,4H2,1-3H3;6H,4-5H2,1-3H3/b7-5-,9-6?;. The Morgan fingerprint density at radius 2 is 1.80 bits per heavy atom. The van der Waals surface area contributed by atoms with Crippen LogP contribution in [0.25, 0.3) is 0 Å². The molecule has 0 aliphatic rings. The zero-order valence-electron chi connectivity index (χ0n) is 13.3. The Balaban J connectivity index is 0. The lowest BCUT2D eigenvalue weighted by Crippen LogP contribution is -2.16. The van der Waals surface area contributed by atoms with Crippen LogP contribution in [0, 0.1) is 21.4 Å². The van der Waals surface area contributed by atoms with E-state index in [2.05, 4.69) is 25.5 Å². The number of hydrogen-bond donors (Lipinski definition) is 1. The molecule has 0 atom stereocenters. The molecule has 0 saturated carbocycles. The van der Waals surface area contributed by atoms with Crippen molar-refractivity contribution in [1.29, 1.82) is 5.41 Å². The van der Waals surface area contributed by atoms with Crippen molar-refractivity contribution in [3.05, 3.63) is 21.4 Å². The summed E-state index contributed by atoms with van der Waals surface area (Å²) in [4.78, 5) is 20.8. The number of rotatable bonds is 6. The van der Waals surface area contributed by atoms with Gasteiger partial charge in [-0.3, -0.25) is 15.5 Å². The van der Waals surface area contributed by atoms with Crippen molar-refractivity contribution < 1.29 is 14.5 Å². The molecule has 0 aliphatic carbocycles. The highest BCUT2D eigenvalue weighted by Crippen LogP contribution is 2.08. The molecule has 0 spiro atoms. The van der Waals surface area contributed by atoms with E-state index < -0.39 is 16.6 Å². The summed E-state index contributed by atoms with van der Waals surface area (Å²) >= 11 is 0. The minimum Gasteiger partial charge on any atom is -0.462 e. The predicted molar refractivity (Wildman–Crippen MR) is 79.5 cm³/mol. The molecule has 0 rings (SSSR count). The number of nitrogens with zero attached hydrogens (tertiary/aromatic N) is 1. The molecule has 0 fully saturated rings. The maximum absolute atomic E-state index is 11.1. The van der Waals surface area contributed by atoms with Gasteiger partial charge in [0, 0.05) is 0 Å². The number of allylic oxidation sites excluding steroid dienone is 1. The van der Waals surface area contributed by atoms with E-state index in [0.29, 0.717) is 0 Å². The molecule has 0 aliphatic heterocycles. The highest BCUT2D eigenvalue weighted by atomic mass is 16.6. The first kappa shape index (κ1) is 20.6. The molecule has 20 heavy (non-hydrogen) atoms. The third-order valence-electron chi connectivity index (χ3n) is 2.34. The van der Waals surface area contributed by atoms with Crippen LogP contribution in [0.15, 0.2) is 11.3 Å². The van der Waals surface area contributed by atoms with Gasteiger partial charge in [0.15, 0.2) is 0 Å². The number of carbonyl (C=O) groups excluding carboxylic acids is 1. The fourth-order valence-corrected chi connectivity index (χ4v) is 1.47. The molecule has 6 nitrogen and oxygen atoms in total. The van der Waals surface area contributed by atoms with Crippen LogP contribution >= 0.6 is 0 Å². The Morgan fingerprint density at radius 3 is 2.00 bits per heavy atom. The lowest BCUT2D eigenvalue weighted by molar-refractivity contribution is -0.416. The summed E-state index contributed by atoms with van der Waals surface area (Å²) in [5.74, 6) is 0.140. The van der Waals surface area contributed by atoms with E-state index in [1.165, 1.54) is 26.7 Å². The zero-order chi connectivity index (χ0) is 16.3. The van der Waals surface area contributed by atoms with E-state index in [9.17, 15) is 14.9 Å². The first-order chi connectivity index (χ1) is 9.18. The fraction of sp³-hybridized carbons (Fsp3) is 0.714. The van der Waals surface area contributed by atoms with Crippen LogP contribution < -0.4 is 0 Å². The second kappa shape index (κ2) is 11.1. The van der Waals surface area contributed by atoms with Crippen molar-refractivity contribution in [1.82, 2.24) is 0 Å². The third-order valence-corrected chi connectivity index (χ3v) is 2.34. The van der Waals surface area contributed by atoms with Crippen LogP contribution in [-0.2, 0) is 9.53 Å². The maximum Gasteiger partial charge on any atom is 0.340 e. The predicted octanol–water partition coefficient (Wildman–Crippen LogP) is 3.58. The zero-order valence-corrected chi connectivity index (χ0v) is 13.3. The maximum atomic E-state index is 11.1. The van der Waals surface area contributed by atoms with Crippen LogP contribution in [-0.4, -0.2) is 23.2 Å². The van der Waals surface area contributed by atoms with Crippen molar-refractivity contribution in [3.8, 4) is 0 Å². The summed E-state index contributed by atoms with van der Waals surface area (Å²) in [6.07, 6.45) is 2.71. The van der Waals surface area contributed by atoms with Gasteiger partial charge in [-0.15, -0.1) is 0 Å². The lowest BCUT2D eigenvalue weighted by Gasteiger charge is -2.02. The van der Waals surface area contributed by atoms with Crippen molar-refractivity contribution in [3.63, 3.8) is 0 Å². The fourth-order valence-electron chi connectivity index (χ4n) is 1.47. The number of nitrogens with one attached hydrogen (secondary N) is 1. The van der Waals surface area contributed by atoms with Crippen molar-refractivity contribution in [2.45, 2.75) is 54.4 Å². The molecular formula is C14H26N2O4. The minimum absolute atomic E-state index is 0.149. The first-order valence-electron chi connectivity index (χ1n) is 6.76. The Labute approximate surface area is 120 Å². The second-order valence-electron chi connectivity index (χ2n) is 4.76. The van der Waals surface area contributed by atoms with E-state index >= 15 is 0 Å². The number of hydrogen-bond acceptors (Lipinski definition) is 5. The third kappa shape index (κ3) is 9.24. The average molecular weight is 286 g/mol. The summed E-state index contributed by atoms with van der Waals surface area (Å²) in [7, 11) is 0. The van der Waals surface area contributed by atoms with Gasteiger partial charge in [0.2, 0.25) is 0 Å². The van der Waals surface area contributed by atoms with Gasteiger partial charge in [0.25, 0.3) is 5.70 Å². The number of carbonyl (C=O) groups is 1. The van der Waals surface area contributed by atoms with Crippen molar-refractivity contribution >= 4 is 11.7 Å². The van der Waals surface area contributed by atoms with E-state index in [4.69, 9.17) is 5.41 Å². The highest BCUT2D eigenvalue weighted by molar-refractivity contribution is 6.01. The number of ether oxygens (including phenoxy) is 1. The van der Waals surface area contributed by atoms with E-state index in [-0.39, 0.29) is 17.9 Å². The molecule has 0 heterocycles. The Morgan fingerprint density at radius 1 is 1.30 bits per heavy atom. The Kier molecular flexibility index (Phi) is 11.5. The molecule has 0 unspecified atom stereocenters. The van der Waals surface area contributed by atoms with E-state index in [1.54, 1.807) is 6.92 Å². The van der Waals surface area contributed by atoms with Crippen LogP contribution in [0.1, 0.15) is 54.4 Å². The highest BCUT2D eigenvalue weighted by Gasteiger charge is 2.23. The molecule has 0 amide bonds. The molecule has 0 radical (unpaired) electrons. The smallest absolute Gasteiger partial charge is 0.340 e. The largest absolute Gasteiger partial charge is 0.462 e. The number of esters is 1. The molecule has 0 bridgehead atoms. The first-order valence-corrected chi connectivity index (χ1v) is 6.76. The molecule has 0 aromatic rings. The topological polar surface area (TPSA) is 93.3 Å². The van der Waals surface area contributed by atoms with E-state index in [0.717, 1.165) is 5.92 Å². The van der Waals surface area contributed by atoms with Crippen molar-refractivity contribution in [2.75, 3.05) is 6.61 Å². The quantitative estimate of drug-likeness (QED) is 0.265. The van der Waals surface area contributed by atoms with Gasteiger partial charge in [-0.05, 0) is 26.7 Å². The molecule has 0 aromatic heterocycles. The average Bonchev–Trinajstić information content (AvgIpc) is 2.28. The Hall–Kier alpha value is -1.72. The molecular weight excluding hydrogens is 260 g/mol. The monoisotopic (exact) mass is 286 g/mol. The number of nitro groups is 1. The van der Waals surface area contributed by atoms with Gasteiger partial charge in [0.05, 0.1) is 11.5 Å². The lowest BCUT2D eigenvalue weighted by atomic mass is 10.1. The van der Waals surface area contributed by atoms with Crippen LogP contribution in [0.2, 0.25) is 0 Å². The van der Waals surface area contributed by atoms with Crippen LogP contribution in [0.3, 0.4) is 0 Å². The summed E-state index contributed by atoms with van der Waals surface area (Å²) in [5, 5.41) is 17.6. The summed E-state index contributed by atoms with van der Waals surface area (Å²) in [6, 6.07) is 0. The van der Waals surface area contributed by atoms with Crippen LogP contribution in [0.4, 0.5) is 0 Å². The van der Waals surface area contributed by atoms with E-state index in [1.807, 2.05) is 0 Å². The van der Waals surface area contributed by atoms with Gasteiger partial charge in [-0.1, -0.05) is 33.6 Å².